The third-order valence-corrected chi connectivity index (χ3v) is 4.44. The van der Waals surface area contributed by atoms with Gasteiger partial charge in [0.2, 0.25) is 5.91 Å². The summed E-state index contributed by atoms with van der Waals surface area (Å²) >= 11 is 0. The van der Waals surface area contributed by atoms with Crippen molar-refractivity contribution in [1.29, 1.82) is 0 Å². The lowest BCUT2D eigenvalue weighted by molar-refractivity contribution is -0.384. The molecule has 0 aliphatic carbocycles. The molecule has 3 rings (SSSR count). The number of piperazine rings is 1. The third kappa shape index (κ3) is 5.11. The van der Waals surface area contributed by atoms with Gasteiger partial charge < -0.3 is 5.32 Å². The van der Waals surface area contributed by atoms with Crippen LogP contribution in [-0.2, 0) is 11.3 Å². The number of nitrogens with zero attached hydrogens (tertiary/aromatic N) is 3. The SMILES string of the molecule is O=C(CN1CCN(Cc2ccccc2)CC1)Nc1ccc([N+](=O)[O-])cc1. The molecule has 1 saturated heterocycles. The van der Waals surface area contributed by atoms with E-state index in [4.69, 9.17) is 0 Å². The molecule has 0 saturated carbocycles. The summed E-state index contributed by atoms with van der Waals surface area (Å²) in [6.07, 6.45) is 0. The Labute approximate surface area is 152 Å². The van der Waals surface area contributed by atoms with Gasteiger partial charge in [-0.05, 0) is 17.7 Å². The highest BCUT2D eigenvalue weighted by Crippen LogP contribution is 2.15. The van der Waals surface area contributed by atoms with E-state index in [1.54, 1.807) is 12.1 Å². The molecule has 7 nitrogen and oxygen atoms in total. The number of carbonyl (C=O) groups excluding carboxylic acids is 1. The molecular weight excluding hydrogens is 332 g/mol. The zero-order valence-corrected chi connectivity index (χ0v) is 14.5. The van der Waals surface area contributed by atoms with Gasteiger partial charge in [0.05, 0.1) is 11.5 Å². The fourth-order valence-corrected chi connectivity index (χ4v) is 3.02. The Kier molecular flexibility index (Phi) is 5.93. The van der Waals surface area contributed by atoms with Crippen LogP contribution in [-0.4, -0.2) is 53.4 Å². The number of hydrogen-bond donors (Lipinski definition) is 1. The normalized spacial score (nSPS) is 15.5. The molecule has 1 amide bonds. The van der Waals surface area contributed by atoms with Crippen LogP contribution < -0.4 is 5.32 Å². The molecule has 0 unspecified atom stereocenters. The van der Waals surface area contributed by atoms with E-state index < -0.39 is 4.92 Å². The monoisotopic (exact) mass is 354 g/mol. The second-order valence-electron chi connectivity index (χ2n) is 6.39. The van der Waals surface area contributed by atoms with E-state index in [-0.39, 0.29) is 11.6 Å². The molecule has 0 aromatic heterocycles. The number of non-ortho nitro benzene ring substituents is 1. The molecule has 2 aromatic rings. The molecule has 1 N–H and O–H groups in total. The maximum Gasteiger partial charge on any atom is 0.269 e. The predicted octanol–water partition coefficient (Wildman–Crippen LogP) is 2.35. The first-order valence-corrected chi connectivity index (χ1v) is 8.63. The summed E-state index contributed by atoms with van der Waals surface area (Å²) in [6, 6.07) is 16.2. The van der Waals surface area contributed by atoms with Gasteiger partial charge in [0, 0.05) is 50.5 Å². The van der Waals surface area contributed by atoms with Crippen LogP contribution in [0, 0.1) is 10.1 Å². The van der Waals surface area contributed by atoms with E-state index in [1.807, 2.05) is 18.2 Å². The van der Waals surface area contributed by atoms with Crippen molar-refractivity contribution in [2.45, 2.75) is 6.54 Å². The zero-order valence-electron chi connectivity index (χ0n) is 14.5. The number of hydrogen-bond acceptors (Lipinski definition) is 5. The van der Waals surface area contributed by atoms with Crippen molar-refractivity contribution >= 4 is 17.3 Å². The zero-order chi connectivity index (χ0) is 18.4. The predicted molar refractivity (Wildman–Crippen MR) is 99.9 cm³/mol. The van der Waals surface area contributed by atoms with Crippen LogP contribution in [0.25, 0.3) is 0 Å². The van der Waals surface area contributed by atoms with Gasteiger partial charge in [0.15, 0.2) is 0 Å². The van der Waals surface area contributed by atoms with Crippen LogP contribution in [0.15, 0.2) is 54.6 Å². The minimum atomic E-state index is -0.458. The third-order valence-electron chi connectivity index (χ3n) is 4.44. The minimum Gasteiger partial charge on any atom is -0.325 e. The molecule has 1 fully saturated rings. The van der Waals surface area contributed by atoms with Crippen molar-refractivity contribution in [3.63, 3.8) is 0 Å². The highest BCUT2D eigenvalue weighted by molar-refractivity contribution is 5.92. The van der Waals surface area contributed by atoms with E-state index in [9.17, 15) is 14.9 Å². The van der Waals surface area contributed by atoms with Gasteiger partial charge in [-0.1, -0.05) is 30.3 Å². The first-order valence-electron chi connectivity index (χ1n) is 8.63. The van der Waals surface area contributed by atoms with Gasteiger partial charge in [-0.25, -0.2) is 0 Å². The highest BCUT2D eigenvalue weighted by Gasteiger charge is 2.19. The van der Waals surface area contributed by atoms with Crippen molar-refractivity contribution in [2.24, 2.45) is 0 Å². The molecule has 1 aliphatic heterocycles. The summed E-state index contributed by atoms with van der Waals surface area (Å²) in [5.74, 6) is -0.102. The molecule has 7 heteroatoms. The fourth-order valence-electron chi connectivity index (χ4n) is 3.02. The number of benzene rings is 2. The maximum atomic E-state index is 12.2. The minimum absolute atomic E-state index is 0.0116. The second-order valence-corrected chi connectivity index (χ2v) is 6.39. The van der Waals surface area contributed by atoms with Crippen molar-refractivity contribution in [3.05, 3.63) is 70.3 Å². The van der Waals surface area contributed by atoms with Gasteiger partial charge in [-0.15, -0.1) is 0 Å². The average molecular weight is 354 g/mol. The van der Waals surface area contributed by atoms with E-state index >= 15 is 0 Å². The summed E-state index contributed by atoms with van der Waals surface area (Å²) in [7, 11) is 0. The maximum absolute atomic E-state index is 12.2. The highest BCUT2D eigenvalue weighted by atomic mass is 16.6. The lowest BCUT2D eigenvalue weighted by Gasteiger charge is -2.34. The van der Waals surface area contributed by atoms with Crippen molar-refractivity contribution in [2.75, 3.05) is 38.0 Å². The molecule has 1 aliphatic rings. The van der Waals surface area contributed by atoms with E-state index in [0.29, 0.717) is 12.2 Å². The molecule has 0 radical (unpaired) electrons. The number of anilines is 1. The van der Waals surface area contributed by atoms with Crippen LogP contribution in [0.2, 0.25) is 0 Å². The number of amides is 1. The molecule has 26 heavy (non-hydrogen) atoms. The standard InChI is InChI=1S/C19H22N4O3/c24-19(20-17-6-8-18(9-7-17)23(25)26)15-22-12-10-21(11-13-22)14-16-4-2-1-3-5-16/h1-9H,10-15H2,(H,20,24). The van der Waals surface area contributed by atoms with Crippen LogP contribution in [0.5, 0.6) is 0 Å². The fraction of sp³-hybridized carbons (Fsp3) is 0.316. The molecule has 136 valence electrons. The lowest BCUT2D eigenvalue weighted by atomic mass is 10.2. The molecular formula is C19H22N4O3. The molecule has 2 aromatic carbocycles. The number of nitro benzene ring substituents is 1. The summed E-state index contributed by atoms with van der Waals surface area (Å²) in [5, 5.41) is 13.4. The van der Waals surface area contributed by atoms with Gasteiger partial charge in [-0.2, -0.15) is 0 Å². The van der Waals surface area contributed by atoms with Crippen molar-refractivity contribution in [1.82, 2.24) is 9.80 Å². The van der Waals surface area contributed by atoms with Crippen LogP contribution in [0.1, 0.15) is 5.56 Å². The van der Waals surface area contributed by atoms with Gasteiger partial charge >= 0.3 is 0 Å². The largest absolute Gasteiger partial charge is 0.325 e. The molecule has 1 heterocycles. The molecule has 0 bridgehead atoms. The first kappa shape index (κ1) is 18.0. The van der Waals surface area contributed by atoms with E-state index in [1.165, 1.54) is 17.7 Å². The van der Waals surface area contributed by atoms with E-state index in [0.717, 1.165) is 32.7 Å². The summed E-state index contributed by atoms with van der Waals surface area (Å²) < 4.78 is 0. The Hall–Kier alpha value is -2.77. The molecule has 0 atom stereocenters. The van der Waals surface area contributed by atoms with Crippen LogP contribution >= 0.6 is 0 Å². The Morgan fingerprint density at radius 3 is 2.19 bits per heavy atom. The smallest absolute Gasteiger partial charge is 0.269 e. The van der Waals surface area contributed by atoms with Crippen LogP contribution in [0.4, 0.5) is 11.4 Å². The Balaban J connectivity index is 1.42. The lowest BCUT2D eigenvalue weighted by Crippen LogP contribution is -2.48. The number of rotatable bonds is 6. The Morgan fingerprint density at radius 2 is 1.58 bits per heavy atom. The number of carbonyl (C=O) groups is 1. The summed E-state index contributed by atoms with van der Waals surface area (Å²) in [6.45, 7) is 4.82. The summed E-state index contributed by atoms with van der Waals surface area (Å²) in [4.78, 5) is 26.9. The first-order chi connectivity index (χ1) is 12.6. The summed E-state index contributed by atoms with van der Waals surface area (Å²) in [5.41, 5.74) is 1.89. The number of nitrogens with one attached hydrogen (secondary N) is 1. The Bertz CT molecular complexity index is 741. The second kappa shape index (κ2) is 8.55. The van der Waals surface area contributed by atoms with Crippen molar-refractivity contribution in [3.8, 4) is 0 Å². The molecule has 0 spiro atoms. The quantitative estimate of drug-likeness (QED) is 0.636. The number of nitro groups is 1. The van der Waals surface area contributed by atoms with Gasteiger partial charge in [0.25, 0.3) is 5.69 Å². The average Bonchev–Trinajstić information content (AvgIpc) is 2.64. The van der Waals surface area contributed by atoms with Crippen molar-refractivity contribution < 1.29 is 9.72 Å². The van der Waals surface area contributed by atoms with Crippen LogP contribution in [0.3, 0.4) is 0 Å². The van der Waals surface area contributed by atoms with E-state index in [2.05, 4.69) is 27.2 Å². The van der Waals surface area contributed by atoms with Gasteiger partial charge in [-0.3, -0.25) is 24.7 Å². The van der Waals surface area contributed by atoms with Gasteiger partial charge in [0.1, 0.15) is 0 Å². The Morgan fingerprint density at radius 1 is 0.962 bits per heavy atom. The topological polar surface area (TPSA) is 78.7 Å².